The summed E-state index contributed by atoms with van der Waals surface area (Å²) in [7, 11) is 1.79. The van der Waals surface area contributed by atoms with Crippen LogP contribution < -0.4 is 10.6 Å². The lowest BCUT2D eigenvalue weighted by Gasteiger charge is -2.21. The molecule has 0 aliphatic rings. The van der Waals surface area contributed by atoms with Gasteiger partial charge in [-0.25, -0.2) is 9.97 Å². The van der Waals surface area contributed by atoms with Gasteiger partial charge in [-0.05, 0) is 12.2 Å². The Morgan fingerprint density at radius 1 is 1.44 bits per heavy atom. The Morgan fingerprint density at radius 2 is 2.12 bits per heavy atom. The second-order valence-electron chi connectivity index (χ2n) is 4.58. The van der Waals surface area contributed by atoms with Crippen LogP contribution in [0.25, 0.3) is 0 Å². The van der Waals surface area contributed by atoms with Crippen LogP contribution in [0.5, 0.6) is 0 Å². The molecule has 1 heterocycles. The SMILES string of the molecule is CNC(=S)NCc1cncnc1C(C)(C)C. The molecule has 0 fully saturated rings. The Morgan fingerprint density at radius 3 is 2.69 bits per heavy atom. The maximum atomic E-state index is 5.03. The van der Waals surface area contributed by atoms with E-state index >= 15 is 0 Å². The van der Waals surface area contributed by atoms with Crippen LogP contribution in [0.3, 0.4) is 0 Å². The van der Waals surface area contributed by atoms with Gasteiger partial charge in [0.05, 0.1) is 5.69 Å². The summed E-state index contributed by atoms with van der Waals surface area (Å²) in [5.74, 6) is 0. The van der Waals surface area contributed by atoms with Crippen LogP contribution in [0.15, 0.2) is 12.5 Å². The van der Waals surface area contributed by atoms with Crippen LogP contribution in [0, 0.1) is 0 Å². The molecular formula is C11H18N4S. The van der Waals surface area contributed by atoms with E-state index in [1.54, 1.807) is 13.4 Å². The van der Waals surface area contributed by atoms with E-state index < -0.39 is 0 Å². The molecule has 4 nitrogen and oxygen atoms in total. The zero-order chi connectivity index (χ0) is 12.2. The summed E-state index contributed by atoms with van der Waals surface area (Å²) in [6.07, 6.45) is 3.42. The molecule has 0 unspecified atom stereocenters. The van der Waals surface area contributed by atoms with Crippen molar-refractivity contribution in [3.8, 4) is 0 Å². The van der Waals surface area contributed by atoms with Gasteiger partial charge in [-0.15, -0.1) is 0 Å². The highest BCUT2D eigenvalue weighted by atomic mass is 32.1. The Balaban J connectivity index is 2.84. The van der Waals surface area contributed by atoms with Gasteiger partial charge in [-0.3, -0.25) is 0 Å². The monoisotopic (exact) mass is 238 g/mol. The normalized spacial score (nSPS) is 11.0. The Labute approximate surface area is 102 Å². The van der Waals surface area contributed by atoms with Crippen molar-refractivity contribution < 1.29 is 0 Å². The third-order valence-electron chi connectivity index (χ3n) is 2.16. The van der Waals surface area contributed by atoms with Crippen molar-refractivity contribution in [3.63, 3.8) is 0 Å². The maximum absolute atomic E-state index is 5.03. The average Bonchev–Trinajstić information content (AvgIpc) is 2.25. The first-order valence-electron chi connectivity index (χ1n) is 5.20. The van der Waals surface area contributed by atoms with Gasteiger partial charge in [0.25, 0.3) is 0 Å². The number of hydrogen-bond acceptors (Lipinski definition) is 3. The van der Waals surface area contributed by atoms with Gasteiger partial charge in [0.1, 0.15) is 6.33 Å². The van der Waals surface area contributed by atoms with Gasteiger partial charge in [-0.1, -0.05) is 20.8 Å². The van der Waals surface area contributed by atoms with Gasteiger partial charge in [0.2, 0.25) is 0 Å². The van der Waals surface area contributed by atoms with Crippen LogP contribution in [0.2, 0.25) is 0 Å². The summed E-state index contributed by atoms with van der Waals surface area (Å²) in [5, 5.41) is 6.60. The molecule has 0 spiro atoms. The lowest BCUT2D eigenvalue weighted by Crippen LogP contribution is -2.33. The maximum Gasteiger partial charge on any atom is 0.166 e. The van der Waals surface area contributed by atoms with E-state index in [0.717, 1.165) is 11.3 Å². The van der Waals surface area contributed by atoms with Crippen molar-refractivity contribution in [1.82, 2.24) is 20.6 Å². The van der Waals surface area contributed by atoms with Crippen molar-refractivity contribution in [3.05, 3.63) is 23.8 Å². The highest BCUT2D eigenvalue weighted by molar-refractivity contribution is 7.80. The van der Waals surface area contributed by atoms with E-state index in [0.29, 0.717) is 11.7 Å². The molecule has 5 heteroatoms. The highest BCUT2D eigenvalue weighted by Gasteiger charge is 2.19. The smallest absolute Gasteiger partial charge is 0.166 e. The molecule has 1 aromatic rings. The largest absolute Gasteiger partial charge is 0.366 e. The lowest BCUT2D eigenvalue weighted by molar-refractivity contribution is 0.555. The zero-order valence-electron chi connectivity index (χ0n) is 10.2. The van der Waals surface area contributed by atoms with Crippen LogP contribution in [0.1, 0.15) is 32.0 Å². The molecule has 0 atom stereocenters. The summed E-state index contributed by atoms with van der Waals surface area (Å²) < 4.78 is 0. The first kappa shape index (κ1) is 12.8. The number of nitrogens with one attached hydrogen (secondary N) is 2. The van der Waals surface area contributed by atoms with E-state index in [4.69, 9.17) is 12.2 Å². The Bertz CT molecular complexity index is 370. The van der Waals surface area contributed by atoms with E-state index in [2.05, 4.69) is 41.4 Å². The predicted molar refractivity (Wildman–Crippen MR) is 69.2 cm³/mol. The first-order chi connectivity index (χ1) is 7.45. The van der Waals surface area contributed by atoms with Gasteiger partial charge in [-0.2, -0.15) is 0 Å². The lowest BCUT2D eigenvalue weighted by atomic mass is 9.89. The summed E-state index contributed by atoms with van der Waals surface area (Å²) in [6, 6.07) is 0. The van der Waals surface area contributed by atoms with Crippen molar-refractivity contribution in [2.45, 2.75) is 32.7 Å². The average molecular weight is 238 g/mol. The number of hydrogen-bond donors (Lipinski definition) is 2. The van der Waals surface area contributed by atoms with Crippen molar-refractivity contribution in [2.24, 2.45) is 0 Å². The fraction of sp³-hybridized carbons (Fsp3) is 0.545. The number of thiocarbonyl (C=S) groups is 1. The van der Waals surface area contributed by atoms with Crippen molar-refractivity contribution in [1.29, 1.82) is 0 Å². The van der Waals surface area contributed by atoms with Crippen LogP contribution in [0.4, 0.5) is 0 Å². The molecule has 0 aliphatic heterocycles. The summed E-state index contributed by atoms with van der Waals surface area (Å²) in [4.78, 5) is 8.39. The molecule has 0 amide bonds. The molecule has 0 aromatic carbocycles. The van der Waals surface area contributed by atoms with Gasteiger partial charge < -0.3 is 10.6 Å². The number of nitrogens with zero attached hydrogens (tertiary/aromatic N) is 2. The second-order valence-corrected chi connectivity index (χ2v) is 4.99. The third-order valence-corrected chi connectivity index (χ3v) is 2.51. The molecule has 0 saturated heterocycles. The van der Waals surface area contributed by atoms with E-state index in [9.17, 15) is 0 Å². The topological polar surface area (TPSA) is 49.8 Å². The van der Waals surface area contributed by atoms with Crippen molar-refractivity contribution >= 4 is 17.3 Å². The van der Waals surface area contributed by atoms with Crippen molar-refractivity contribution in [2.75, 3.05) is 7.05 Å². The van der Waals surface area contributed by atoms with Crippen LogP contribution >= 0.6 is 12.2 Å². The highest BCUT2D eigenvalue weighted by Crippen LogP contribution is 2.22. The standard InChI is InChI=1S/C11H18N4S/c1-11(2,3)9-8(5-13-7-15-9)6-14-10(16)12-4/h5,7H,6H2,1-4H3,(H2,12,14,16). The summed E-state index contributed by atoms with van der Waals surface area (Å²) in [5.41, 5.74) is 2.14. The van der Waals surface area contributed by atoms with Gasteiger partial charge >= 0.3 is 0 Å². The number of rotatable bonds is 2. The molecule has 1 aromatic heterocycles. The van der Waals surface area contributed by atoms with Gasteiger partial charge in [0, 0.05) is 30.8 Å². The second kappa shape index (κ2) is 5.21. The fourth-order valence-corrected chi connectivity index (χ4v) is 1.50. The van der Waals surface area contributed by atoms with E-state index in [1.165, 1.54) is 0 Å². The third kappa shape index (κ3) is 3.41. The minimum absolute atomic E-state index is 0.0151. The molecule has 0 saturated carbocycles. The van der Waals surface area contributed by atoms with Gasteiger partial charge in [0.15, 0.2) is 5.11 Å². The number of aromatic nitrogens is 2. The molecular weight excluding hydrogens is 220 g/mol. The first-order valence-corrected chi connectivity index (χ1v) is 5.61. The molecule has 2 N–H and O–H groups in total. The van der Waals surface area contributed by atoms with E-state index in [-0.39, 0.29) is 5.41 Å². The quantitative estimate of drug-likeness (QED) is 0.762. The molecule has 16 heavy (non-hydrogen) atoms. The molecule has 88 valence electrons. The molecule has 0 bridgehead atoms. The molecule has 0 radical (unpaired) electrons. The Hall–Kier alpha value is -1.23. The fourth-order valence-electron chi connectivity index (χ4n) is 1.43. The predicted octanol–water partition coefficient (Wildman–Crippen LogP) is 1.37. The molecule has 0 aliphatic carbocycles. The Kier molecular flexibility index (Phi) is 4.18. The zero-order valence-corrected chi connectivity index (χ0v) is 11.0. The summed E-state index contributed by atoms with van der Waals surface area (Å²) in [6.45, 7) is 7.05. The minimum atomic E-state index is 0.0151. The van der Waals surface area contributed by atoms with Crippen LogP contribution in [-0.4, -0.2) is 22.1 Å². The molecule has 1 rings (SSSR count). The van der Waals surface area contributed by atoms with Crippen LogP contribution in [-0.2, 0) is 12.0 Å². The summed E-state index contributed by atoms with van der Waals surface area (Å²) >= 11 is 5.03. The minimum Gasteiger partial charge on any atom is -0.366 e. The van der Waals surface area contributed by atoms with E-state index in [1.807, 2.05) is 6.20 Å².